The zero-order chi connectivity index (χ0) is 41.9. The lowest BCUT2D eigenvalue weighted by Crippen LogP contribution is -2.19. The summed E-state index contributed by atoms with van der Waals surface area (Å²) in [5, 5.41) is 26.0. The number of rotatable bonds is 12. The van der Waals surface area contributed by atoms with E-state index in [9.17, 15) is 0 Å². The van der Waals surface area contributed by atoms with Crippen LogP contribution in [0.3, 0.4) is 0 Å². The third-order valence-corrected chi connectivity index (χ3v) is 11.0. The number of nitrogens with zero attached hydrogens (tertiary/aromatic N) is 9. The van der Waals surface area contributed by atoms with Gasteiger partial charge in [-0.25, -0.2) is 0 Å². The summed E-state index contributed by atoms with van der Waals surface area (Å²) >= 11 is 0. The fourth-order valence-electron chi connectivity index (χ4n) is 8.31. The topological polar surface area (TPSA) is 120 Å². The Hall–Kier alpha value is -6.24. The highest BCUT2D eigenvalue weighted by Gasteiger charge is 2.23. The summed E-state index contributed by atoms with van der Waals surface area (Å²) in [7, 11) is 7.19. The van der Waals surface area contributed by atoms with E-state index in [4.69, 9.17) is 22.1 Å². The number of benzene rings is 4. The standard InChI is InChI=1S/C47H52BN9O3/c1-8-55-23-41(49-52-55)26-58-45-35-13-30(5)15-37(45)21-39-17-32(7)18-40(47(39)60-28-43-25-57(10-3)54-51-43)22-38-16-31(6)14-36(20-34-12-29(4)11-33(19-35)44(34)48)46(38)59-27-42-24-56(9-2)53-50-42/h11-18,23-25H,8-10,19-22,26-28H2,1-7H3. The molecule has 0 amide bonds. The molecule has 8 bridgehead atoms. The average molecular weight is 802 g/mol. The Kier molecular flexibility index (Phi) is 11.9. The van der Waals surface area contributed by atoms with Gasteiger partial charge in [0, 0.05) is 45.3 Å². The maximum Gasteiger partial charge on any atom is 0.134 e. The molecule has 13 heteroatoms. The SMILES string of the molecule is [B]c1c2cc(C)cc1Cc1cc(C)cc(c1OCc1cn(CC)nn1)Cc1cc(C)cc(c1OCc1cn(CC)nn1)Cc1cc(C)cc(c1OCc1cn(CC)nn1)C2. The van der Waals surface area contributed by atoms with Crippen LogP contribution in [0, 0.1) is 27.7 Å². The lowest BCUT2D eigenvalue weighted by molar-refractivity contribution is 0.290. The molecule has 1 aliphatic rings. The Morgan fingerprint density at radius 2 is 0.683 bits per heavy atom. The van der Waals surface area contributed by atoms with E-state index in [0.29, 0.717) is 25.7 Å². The lowest BCUT2D eigenvalue weighted by Gasteiger charge is -2.23. The van der Waals surface area contributed by atoms with Crippen LogP contribution < -0.4 is 19.7 Å². The summed E-state index contributed by atoms with van der Waals surface area (Å²) in [4.78, 5) is 0. The molecule has 8 rings (SSSR count). The van der Waals surface area contributed by atoms with E-state index in [-0.39, 0.29) is 19.8 Å². The molecule has 12 nitrogen and oxygen atoms in total. The van der Waals surface area contributed by atoms with Gasteiger partial charge in [0.15, 0.2) is 0 Å². The number of hydrogen-bond acceptors (Lipinski definition) is 9. The van der Waals surface area contributed by atoms with Crippen LogP contribution >= 0.6 is 0 Å². The maximum atomic E-state index is 7.19. The van der Waals surface area contributed by atoms with E-state index in [1.165, 1.54) is 0 Å². The molecule has 3 aromatic heterocycles. The Bertz CT molecular complexity index is 2510. The number of ether oxygens (including phenoxy) is 3. The summed E-state index contributed by atoms with van der Waals surface area (Å²) < 4.78 is 26.0. The summed E-state index contributed by atoms with van der Waals surface area (Å²) in [6, 6.07) is 17.7. The van der Waals surface area contributed by atoms with E-state index in [2.05, 4.69) is 107 Å². The minimum absolute atomic E-state index is 0.265. The molecule has 0 N–H and O–H groups in total. The second kappa shape index (κ2) is 17.5. The van der Waals surface area contributed by atoms with Crippen molar-refractivity contribution in [2.45, 2.75) is 114 Å². The Labute approximate surface area is 353 Å². The Balaban J connectivity index is 1.31. The van der Waals surface area contributed by atoms with E-state index < -0.39 is 0 Å². The molecule has 4 aromatic carbocycles. The van der Waals surface area contributed by atoms with Crippen molar-refractivity contribution in [1.82, 2.24) is 45.0 Å². The third kappa shape index (κ3) is 9.00. The molecule has 60 heavy (non-hydrogen) atoms. The van der Waals surface area contributed by atoms with Crippen LogP contribution in [0.1, 0.15) is 105 Å². The van der Waals surface area contributed by atoms with Crippen molar-refractivity contribution in [3.8, 4) is 17.2 Å². The van der Waals surface area contributed by atoms with Gasteiger partial charge in [-0.1, -0.05) is 91.9 Å². The largest absolute Gasteiger partial charge is 0.487 e. The zero-order valence-electron chi connectivity index (χ0n) is 35.7. The smallest absolute Gasteiger partial charge is 0.134 e. The molecular formula is C47H52BN9O3. The molecule has 0 atom stereocenters. The van der Waals surface area contributed by atoms with E-state index in [0.717, 1.165) is 126 Å². The molecule has 0 saturated carbocycles. The van der Waals surface area contributed by atoms with Gasteiger partial charge in [-0.15, -0.1) is 15.3 Å². The molecule has 0 aliphatic heterocycles. The first kappa shape index (κ1) is 40.5. The van der Waals surface area contributed by atoms with E-state index in [1.54, 1.807) is 0 Å². The molecule has 0 spiro atoms. The number of aryl methyl sites for hydroxylation is 7. The minimum atomic E-state index is 0.265. The number of aromatic nitrogens is 9. The van der Waals surface area contributed by atoms with Gasteiger partial charge in [0.05, 0.1) is 18.6 Å². The first-order chi connectivity index (χ1) is 29.0. The second-order valence-corrected chi connectivity index (χ2v) is 16.0. The molecular weight excluding hydrogens is 749 g/mol. The zero-order valence-corrected chi connectivity index (χ0v) is 35.7. The molecule has 1 aliphatic carbocycles. The van der Waals surface area contributed by atoms with Gasteiger partial charge in [-0.2, -0.15) is 0 Å². The van der Waals surface area contributed by atoms with Crippen molar-refractivity contribution in [3.63, 3.8) is 0 Å². The van der Waals surface area contributed by atoms with Gasteiger partial charge < -0.3 is 14.2 Å². The molecule has 7 aromatic rings. The van der Waals surface area contributed by atoms with Gasteiger partial charge in [-0.05, 0) is 93.0 Å². The summed E-state index contributed by atoms with van der Waals surface area (Å²) in [6.45, 7) is 17.7. The summed E-state index contributed by atoms with van der Waals surface area (Å²) in [5.41, 5.74) is 16.0. The van der Waals surface area contributed by atoms with Gasteiger partial charge >= 0.3 is 0 Å². The van der Waals surface area contributed by atoms with Crippen LogP contribution in [0.2, 0.25) is 0 Å². The molecule has 0 saturated heterocycles. The quantitative estimate of drug-likeness (QED) is 0.121. The minimum Gasteiger partial charge on any atom is -0.487 e. The van der Waals surface area contributed by atoms with Crippen molar-refractivity contribution >= 4 is 13.3 Å². The fraction of sp³-hybridized carbons (Fsp3) is 0.362. The van der Waals surface area contributed by atoms with Crippen LogP contribution in [0.4, 0.5) is 0 Å². The normalized spacial score (nSPS) is 12.4. The number of hydrogen-bond donors (Lipinski definition) is 0. The van der Waals surface area contributed by atoms with Crippen LogP contribution in [-0.2, 0) is 65.1 Å². The molecule has 306 valence electrons. The van der Waals surface area contributed by atoms with E-state index >= 15 is 0 Å². The third-order valence-electron chi connectivity index (χ3n) is 11.0. The van der Waals surface area contributed by atoms with Crippen molar-refractivity contribution in [3.05, 3.63) is 151 Å². The predicted molar refractivity (Wildman–Crippen MR) is 231 cm³/mol. The predicted octanol–water partition coefficient (Wildman–Crippen LogP) is 6.96. The monoisotopic (exact) mass is 801 g/mol. The van der Waals surface area contributed by atoms with Crippen LogP contribution in [0.15, 0.2) is 67.1 Å². The molecule has 3 heterocycles. The van der Waals surface area contributed by atoms with Gasteiger partial charge in [-0.3, -0.25) is 14.0 Å². The van der Waals surface area contributed by atoms with E-state index in [1.807, 2.05) is 53.4 Å². The fourth-order valence-corrected chi connectivity index (χ4v) is 8.31. The van der Waals surface area contributed by atoms with Crippen LogP contribution in [-0.4, -0.2) is 52.8 Å². The highest BCUT2D eigenvalue weighted by molar-refractivity contribution is 6.34. The average Bonchev–Trinajstić information content (AvgIpc) is 4.00. The Morgan fingerprint density at radius 3 is 0.933 bits per heavy atom. The van der Waals surface area contributed by atoms with Gasteiger partial charge in [0.2, 0.25) is 0 Å². The maximum absolute atomic E-state index is 7.19. The van der Waals surface area contributed by atoms with Crippen molar-refractivity contribution < 1.29 is 14.2 Å². The highest BCUT2D eigenvalue weighted by Crippen LogP contribution is 2.39. The Morgan fingerprint density at radius 1 is 0.433 bits per heavy atom. The molecule has 0 fully saturated rings. The lowest BCUT2D eigenvalue weighted by atomic mass is 9.79. The summed E-state index contributed by atoms with van der Waals surface area (Å²) in [5.74, 6) is 2.44. The van der Waals surface area contributed by atoms with Gasteiger partial charge in [0.1, 0.15) is 62.0 Å². The number of fused-ring (bicyclic) bond motifs is 8. The van der Waals surface area contributed by atoms with Crippen molar-refractivity contribution in [2.75, 3.05) is 0 Å². The first-order valence-electron chi connectivity index (χ1n) is 20.9. The second-order valence-electron chi connectivity index (χ2n) is 16.0. The first-order valence-corrected chi connectivity index (χ1v) is 20.9. The summed E-state index contributed by atoms with van der Waals surface area (Å²) in [6.07, 6.45) is 8.09. The molecule has 0 unspecified atom stereocenters. The van der Waals surface area contributed by atoms with Crippen molar-refractivity contribution in [1.29, 1.82) is 0 Å². The van der Waals surface area contributed by atoms with Crippen LogP contribution in [0.5, 0.6) is 17.2 Å². The van der Waals surface area contributed by atoms with Crippen LogP contribution in [0.25, 0.3) is 0 Å². The highest BCUT2D eigenvalue weighted by atomic mass is 16.5. The van der Waals surface area contributed by atoms with Gasteiger partial charge in [0.25, 0.3) is 0 Å². The molecule has 2 radical (unpaired) electrons. The van der Waals surface area contributed by atoms with Crippen molar-refractivity contribution in [2.24, 2.45) is 0 Å².